The molecule has 2 unspecified atom stereocenters. The summed E-state index contributed by atoms with van der Waals surface area (Å²) >= 11 is 7.00. The molecular formula is C9H13ClN2O5S2. The number of hydrogen-bond donors (Lipinski definition) is 2. The van der Waals surface area contributed by atoms with Crippen molar-refractivity contribution in [3.8, 4) is 0 Å². The largest absolute Gasteiger partial charge is 0.343 e. The summed E-state index contributed by atoms with van der Waals surface area (Å²) in [6.45, 7) is 3.33. The van der Waals surface area contributed by atoms with Crippen molar-refractivity contribution in [2.45, 2.75) is 31.8 Å². The standard InChI is InChI=1S/C9H13ClN2O5S2/c1-9(2)16-5(3-12-19(13,14)15)7(17-9)6-4-11-8(10)18-6/h4-5,7,12H,3H2,1-2H3,(H,13,14,15). The Balaban J connectivity index is 2.15. The lowest BCUT2D eigenvalue weighted by Crippen LogP contribution is -2.34. The smallest absolute Gasteiger partial charge is 0.333 e. The van der Waals surface area contributed by atoms with E-state index in [1.165, 1.54) is 11.3 Å². The average Bonchev–Trinajstić information content (AvgIpc) is 2.78. The van der Waals surface area contributed by atoms with Crippen molar-refractivity contribution >= 4 is 33.2 Å². The second-order valence-electron chi connectivity index (χ2n) is 4.43. The van der Waals surface area contributed by atoms with Gasteiger partial charge in [0.05, 0.1) is 4.88 Å². The van der Waals surface area contributed by atoms with Gasteiger partial charge in [0.25, 0.3) is 0 Å². The lowest BCUT2D eigenvalue weighted by molar-refractivity contribution is -0.146. The summed E-state index contributed by atoms with van der Waals surface area (Å²) in [6.07, 6.45) is 0.491. The quantitative estimate of drug-likeness (QED) is 0.810. The van der Waals surface area contributed by atoms with E-state index in [2.05, 4.69) is 4.98 Å². The third-order valence-electron chi connectivity index (χ3n) is 2.43. The van der Waals surface area contributed by atoms with Crippen LogP contribution in [0.15, 0.2) is 6.20 Å². The number of thiazole rings is 1. The SMILES string of the molecule is CC1(C)OC(CNS(=O)(=O)O)C(c2cnc(Cl)s2)O1. The third kappa shape index (κ3) is 4.09. The first-order valence-corrected chi connectivity index (χ1v) is 7.99. The molecule has 1 aromatic heterocycles. The Morgan fingerprint density at radius 1 is 1.58 bits per heavy atom. The number of halogens is 1. The fourth-order valence-corrected chi connectivity index (χ4v) is 3.22. The topological polar surface area (TPSA) is 97.8 Å². The van der Waals surface area contributed by atoms with Gasteiger partial charge < -0.3 is 9.47 Å². The van der Waals surface area contributed by atoms with Crippen molar-refractivity contribution in [2.75, 3.05) is 6.54 Å². The van der Waals surface area contributed by atoms with Gasteiger partial charge in [-0.05, 0) is 13.8 Å². The molecule has 10 heteroatoms. The van der Waals surface area contributed by atoms with Crippen LogP contribution in [0.2, 0.25) is 4.47 Å². The highest BCUT2D eigenvalue weighted by molar-refractivity contribution is 7.83. The molecule has 0 amide bonds. The van der Waals surface area contributed by atoms with Gasteiger partial charge >= 0.3 is 10.3 Å². The zero-order chi connectivity index (χ0) is 14.3. The van der Waals surface area contributed by atoms with E-state index in [1.807, 2.05) is 4.72 Å². The highest BCUT2D eigenvalue weighted by Crippen LogP contribution is 2.40. The van der Waals surface area contributed by atoms with E-state index in [-0.39, 0.29) is 6.54 Å². The van der Waals surface area contributed by atoms with Crippen LogP contribution in [-0.2, 0) is 19.8 Å². The number of ether oxygens (including phenoxy) is 2. The second kappa shape index (κ2) is 5.24. The minimum Gasteiger partial charge on any atom is -0.343 e. The van der Waals surface area contributed by atoms with Crippen LogP contribution in [0.3, 0.4) is 0 Å². The molecule has 2 N–H and O–H groups in total. The maximum atomic E-state index is 10.7. The van der Waals surface area contributed by atoms with Gasteiger partial charge in [0, 0.05) is 12.7 Å². The maximum Gasteiger partial charge on any atom is 0.333 e. The van der Waals surface area contributed by atoms with E-state index in [9.17, 15) is 8.42 Å². The molecule has 2 rings (SSSR count). The summed E-state index contributed by atoms with van der Waals surface area (Å²) in [5.74, 6) is -0.854. The molecule has 1 aromatic rings. The van der Waals surface area contributed by atoms with Crippen molar-refractivity contribution in [1.29, 1.82) is 0 Å². The molecule has 7 nitrogen and oxygen atoms in total. The summed E-state index contributed by atoms with van der Waals surface area (Å²) in [6, 6.07) is 0. The highest BCUT2D eigenvalue weighted by atomic mass is 35.5. The fraction of sp³-hybridized carbons (Fsp3) is 0.667. The molecule has 1 fully saturated rings. The molecule has 0 saturated carbocycles. The molecule has 0 aromatic carbocycles. The van der Waals surface area contributed by atoms with Crippen LogP contribution in [0.4, 0.5) is 0 Å². The van der Waals surface area contributed by atoms with E-state index in [0.29, 0.717) is 4.47 Å². The van der Waals surface area contributed by atoms with Crippen LogP contribution in [0.1, 0.15) is 24.8 Å². The first-order valence-electron chi connectivity index (χ1n) is 5.35. The minimum absolute atomic E-state index is 0.109. The predicted octanol–water partition coefficient (Wildman–Crippen LogP) is 1.38. The van der Waals surface area contributed by atoms with Crippen molar-refractivity contribution < 1.29 is 22.4 Å². The molecule has 0 bridgehead atoms. The Hall–Kier alpha value is -0.290. The van der Waals surface area contributed by atoms with Crippen LogP contribution in [0.5, 0.6) is 0 Å². The molecule has 1 aliphatic heterocycles. The van der Waals surface area contributed by atoms with Gasteiger partial charge in [-0.2, -0.15) is 13.1 Å². The molecule has 108 valence electrons. The van der Waals surface area contributed by atoms with E-state index in [1.54, 1.807) is 20.0 Å². The Bertz CT molecular complexity index is 559. The van der Waals surface area contributed by atoms with Crippen molar-refractivity contribution in [3.05, 3.63) is 15.5 Å². The lowest BCUT2D eigenvalue weighted by atomic mass is 10.2. The molecule has 1 saturated heterocycles. The van der Waals surface area contributed by atoms with Gasteiger partial charge in [0.1, 0.15) is 12.2 Å². The Morgan fingerprint density at radius 3 is 2.79 bits per heavy atom. The Kier molecular flexibility index (Phi) is 4.17. The monoisotopic (exact) mass is 328 g/mol. The van der Waals surface area contributed by atoms with E-state index in [0.717, 1.165) is 4.88 Å². The van der Waals surface area contributed by atoms with E-state index in [4.69, 9.17) is 25.6 Å². The average molecular weight is 329 g/mol. The van der Waals surface area contributed by atoms with Crippen molar-refractivity contribution in [2.24, 2.45) is 0 Å². The summed E-state index contributed by atoms with van der Waals surface area (Å²) in [4.78, 5) is 4.65. The molecule has 0 radical (unpaired) electrons. The first kappa shape index (κ1) is 15.1. The third-order valence-corrected chi connectivity index (χ3v) is 4.13. The summed E-state index contributed by atoms with van der Waals surface area (Å²) in [5.41, 5.74) is 0. The van der Waals surface area contributed by atoms with Crippen LogP contribution >= 0.6 is 22.9 Å². The molecule has 2 atom stereocenters. The van der Waals surface area contributed by atoms with Crippen LogP contribution in [0.25, 0.3) is 0 Å². The Labute approximate surface area is 119 Å². The highest BCUT2D eigenvalue weighted by Gasteiger charge is 2.43. The molecule has 19 heavy (non-hydrogen) atoms. The number of aromatic nitrogens is 1. The molecule has 2 heterocycles. The van der Waals surface area contributed by atoms with Crippen LogP contribution in [0, 0.1) is 0 Å². The molecule has 0 aliphatic carbocycles. The lowest BCUT2D eigenvalue weighted by Gasteiger charge is -2.16. The number of rotatable bonds is 4. The summed E-state index contributed by atoms with van der Waals surface area (Å²) in [5, 5.41) is 0. The first-order chi connectivity index (χ1) is 8.66. The maximum absolute atomic E-state index is 10.7. The van der Waals surface area contributed by atoms with Crippen molar-refractivity contribution in [3.63, 3.8) is 0 Å². The van der Waals surface area contributed by atoms with Gasteiger partial charge in [-0.3, -0.25) is 4.55 Å². The van der Waals surface area contributed by atoms with Crippen molar-refractivity contribution in [1.82, 2.24) is 9.71 Å². The summed E-state index contributed by atoms with van der Waals surface area (Å²) in [7, 11) is -4.27. The normalized spacial score (nSPS) is 26.7. The Morgan fingerprint density at radius 2 is 2.26 bits per heavy atom. The van der Waals surface area contributed by atoms with Crippen LogP contribution in [-0.4, -0.2) is 36.4 Å². The summed E-state index contributed by atoms with van der Waals surface area (Å²) < 4.78 is 43.8. The van der Waals surface area contributed by atoms with E-state index >= 15 is 0 Å². The zero-order valence-corrected chi connectivity index (χ0v) is 12.5. The van der Waals surface area contributed by atoms with Gasteiger partial charge in [0.2, 0.25) is 0 Å². The van der Waals surface area contributed by atoms with Gasteiger partial charge in [-0.25, -0.2) is 4.98 Å². The molecule has 0 spiro atoms. The number of nitrogens with zero attached hydrogens (tertiary/aromatic N) is 1. The predicted molar refractivity (Wildman–Crippen MR) is 69.5 cm³/mol. The molecule has 1 aliphatic rings. The van der Waals surface area contributed by atoms with Gasteiger partial charge in [-0.1, -0.05) is 11.6 Å². The minimum atomic E-state index is -4.27. The zero-order valence-electron chi connectivity index (χ0n) is 10.2. The number of hydrogen-bond acceptors (Lipinski definition) is 6. The van der Waals surface area contributed by atoms with Gasteiger partial charge in [-0.15, -0.1) is 11.3 Å². The van der Waals surface area contributed by atoms with Crippen LogP contribution < -0.4 is 4.72 Å². The fourth-order valence-electron chi connectivity index (χ4n) is 1.81. The molecular weight excluding hydrogens is 316 g/mol. The number of nitrogens with one attached hydrogen (secondary N) is 1. The van der Waals surface area contributed by atoms with Gasteiger partial charge in [0.15, 0.2) is 10.3 Å². The second-order valence-corrected chi connectivity index (χ2v) is 7.32. The van der Waals surface area contributed by atoms with E-state index < -0.39 is 28.3 Å².